The highest BCUT2D eigenvalue weighted by Crippen LogP contribution is 2.28. The Morgan fingerprint density at radius 1 is 1.22 bits per heavy atom. The van der Waals surface area contributed by atoms with Crippen molar-refractivity contribution in [1.82, 2.24) is 4.90 Å². The second-order valence-electron chi connectivity index (χ2n) is 6.78. The standard InChI is InChI=1S/C14H25NO3/c1-13(2)9-15(10-14(3,4)18-13)7-11-8-17-6-5-12(11)16/h11H,5-10H2,1-4H3. The van der Waals surface area contributed by atoms with Crippen LogP contribution in [0.25, 0.3) is 0 Å². The SMILES string of the molecule is CC1(C)CN(CC2COCCC2=O)CC(C)(C)O1. The van der Waals surface area contributed by atoms with Crippen molar-refractivity contribution in [2.24, 2.45) is 5.92 Å². The highest BCUT2D eigenvalue weighted by Gasteiger charge is 2.39. The quantitative estimate of drug-likeness (QED) is 0.749. The summed E-state index contributed by atoms with van der Waals surface area (Å²) in [5.74, 6) is 0.395. The Kier molecular flexibility index (Phi) is 3.81. The van der Waals surface area contributed by atoms with E-state index in [0.29, 0.717) is 25.4 Å². The molecule has 2 aliphatic rings. The third-order valence-electron chi connectivity index (χ3n) is 3.51. The maximum Gasteiger partial charge on any atom is 0.141 e. The lowest BCUT2D eigenvalue weighted by molar-refractivity contribution is -0.184. The number of hydrogen-bond acceptors (Lipinski definition) is 4. The van der Waals surface area contributed by atoms with Crippen LogP contribution in [0, 0.1) is 5.92 Å². The molecule has 1 unspecified atom stereocenters. The van der Waals surface area contributed by atoms with Gasteiger partial charge in [-0.3, -0.25) is 9.69 Å². The second kappa shape index (κ2) is 4.91. The number of hydrogen-bond donors (Lipinski definition) is 0. The molecule has 2 heterocycles. The van der Waals surface area contributed by atoms with Crippen LogP contribution in [-0.2, 0) is 14.3 Å². The minimum Gasteiger partial charge on any atom is -0.380 e. The Hall–Kier alpha value is -0.450. The van der Waals surface area contributed by atoms with Crippen molar-refractivity contribution in [2.45, 2.75) is 45.3 Å². The number of rotatable bonds is 2. The fraction of sp³-hybridized carbons (Fsp3) is 0.929. The number of carbonyl (C=O) groups is 1. The van der Waals surface area contributed by atoms with Crippen molar-refractivity contribution in [2.75, 3.05) is 32.8 Å². The number of ketones is 1. The molecule has 1 atom stereocenters. The summed E-state index contributed by atoms with van der Waals surface area (Å²) in [7, 11) is 0. The third-order valence-corrected chi connectivity index (χ3v) is 3.51. The minimum absolute atomic E-state index is 0.0449. The topological polar surface area (TPSA) is 38.8 Å². The molecule has 0 spiro atoms. The zero-order valence-electron chi connectivity index (χ0n) is 12.0. The van der Waals surface area contributed by atoms with Crippen molar-refractivity contribution in [3.8, 4) is 0 Å². The van der Waals surface area contributed by atoms with Crippen molar-refractivity contribution in [1.29, 1.82) is 0 Å². The van der Waals surface area contributed by atoms with Crippen LogP contribution in [0.2, 0.25) is 0 Å². The van der Waals surface area contributed by atoms with Gasteiger partial charge in [0.2, 0.25) is 0 Å². The summed E-state index contributed by atoms with van der Waals surface area (Å²) < 4.78 is 11.5. The summed E-state index contributed by atoms with van der Waals surface area (Å²) in [6, 6.07) is 0. The molecule has 0 bridgehead atoms. The van der Waals surface area contributed by atoms with Crippen LogP contribution in [0.3, 0.4) is 0 Å². The van der Waals surface area contributed by atoms with Crippen molar-refractivity contribution >= 4 is 5.78 Å². The van der Waals surface area contributed by atoms with Crippen LogP contribution in [-0.4, -0.2) is 54.7 Å². The van der Waals surface area contributed by atoms with Crippen LogP contribution < -0.4 is 0 Å². The van der Waals surface area contributed by atoms with Gasteiger partial charge in [0.25, 0.3) is 0 Å². The monoisotopic (exact) mass is 255 g/mol. The number of ether oxygens (including phenoxy) is 2. The first-order valence-electron chi connectivity index (χ1n) is 6.80. The van der Waals surface area contributed by atoms with Crippen LogP contribution in [0.5, 0.6) is 0 Å². The van der Waals surface area contributed by atoms with E-state index in [1.54, 1.807) is 0 Å². The normalized spacial score (nSPS) is 32.4. The lowest BCUT2D eigenvalue weighted by Gasteiger charge is -2.48. The van der Waals surface area contributed by atoms with Gasteiger partial charge in [-0.05, 0) is 27.7 Å². The Morgan fingerprint density at radius 2 is 1.83 bits per heavy atom. The molecule has 2 saturated heterocycles. The van der Waals surface area contributed by atoms with E-state index in [-0.39, 0.29) is 17.1 Å². The van der Waals surface area contributed by atoms with Crippen LogP contribution in [0.1, 0.15) is 34.1 Å². The van der Waals surface area contributed by atoms with E-state index in [1.165, 1.54) is 0 Å². The van der Waals surface area contributed by atoms with Gasteiger partial charge in [0, 0.05) is 26.1 Å². The molecule has 4 nitrogen and oxygen atoms in total. The summed E-state index contributed by atoms with van der Waals surface area (Å²) in [5, 5.41) is 0. The first-order valence-corrected chi connectivity index (χ1v) is 6.80. The van der Waals surface area contributed by atoms with E-state index in [2.05, 4.69) is 32.6 Å². The summed E-state index contributed by atoms with van der Waals surface area (Å²) in [5.41, 5.74) is -0.305. The first kappa shape index (κ1) is 14.0. The molecule has 4 heteroatoms. The van der Waals surface area contributed by atoms with Crippen LogP contribution in [0.4, 0.5) is 0 Å². The predicted octanol–water partition coefficient (Wildman–Crippen LogP) is 1.48. The second-order valence-corrected chi connectivity index (χ2v) is 6.78. The van der Waals surface area contributed by atoms with E-state index < -0.39 is 0 Å². The van der Waals surface area contributed by atoms with E-state index in [0.717, 1.165) is 19.6 Å². The molecule has 0 aromatic rings. The Bertz CT molecular complexity index is 309. The van der Waals surface area contributed by atoms with E-state index in [1.807, 2.05) is 0 Å². The van der Waals surface area contributed by atoms with E-state index in [9.17, 15) is 4.79 Å². The Labute approximate surface area is 110 Å². The molecule has 0 aromatic carbocycles. The maximum atomic E-state index is 11.9. The largest absolute Gasteiger partial charge is 0.380 e. The highest BCUT2D eigenvalue weighted by molar-refractivity contribution is 5.82. The average molecular weight is 255 g/mol. The fourth-order valence-corrected chi connectivity index (χ4v) is 3.24. The predicted molar refractivity (Wildman–Crippen MR) is 69.6 cm³/mol. The molecule has 0 N–H and O–H groups in total. The summed E-state index contributed by atoms with van der Waals surface area (Å²) in [6.45, 7) is 12.2. The molecule has 0 radical (unpaired) electrons. The van der Waals surface area contributed by atoms with Gasteiger partial charge in [-0.2, -0.15) is 0 Å². The van der Waals surface area contributed by atoms with E-state index >= 15 is 0 Å². The lowest BCUT2D eigenvalue weighted by Crippen LogP contribution is -2.58. The molecule has 104 valence electrons. The smallest absolute Gasteiger partial charge is 0.141 e. The molecule has 2 rings (SSSR count). The number of carbonyl (C=O) groups excluding carboxylic acids is 1. The van der Waals surface area contributed by atoms with Crippen molar-refractivity contribution in [3.05, 3.63) is 0 Å². The first-order chi connectivity index (χ1) is 8.27. The maximum absolute atomic E-state index is 11.9. The molecular formula is C14H25NO3. The Morgan fingerprint density at radius 3 is 2.39 bits per heavy atom. The number of nitrogens with zero attached hydrogens (tertiary/aromatic N) is 1. The summed E-state index contributed by atoms with van der Waals surface area (Å²) >= 11 is 0. The fourth-order valence-electron chi connectivity index (χ4n) is 3.24. The van der Waals surface area contributed by atoms with Gasteiger partial charge < -0.3 is 9.47 Å². The molecule has 0 amide bonds. The van der Waals surface area contributed by atoms with Crippen LogP contribution in [0.15, 0.2) is 0 Å². The highest BCUT2D eigenvalue weighted by atomic mass is 16.5. The molecule has 0 aliphatic carbocycles. The van der Waals surface area contributed by atoms with Gasteiger partial charge in [0.05, 0.1) is 30.3 Å². The average Bonchev–Trinajstić information content (AvgIpc) is 2.16. The lowest BCUT2D eigenvalue weighted by atomic mass is 9.95. The van der Waals surface area contributed by atoms with Crippen LogP contribution >= 0.6 is 0 Å². The van der Waals surface area contributed by atoms with Gasteiger partial charge in [0.15, 0.2) is 0 Å². The molecule has 2 aliphatic heterocycles. The van der Waals surface area contributed by atoms with Gasteiger partial charge in [-0.1, -0.05) is 0 Å². The number of Topliss-reactive ketones (excluding diaryl/α,β-unsaturated/α-hetero) is 1. The molecule has 2 fully saturated rings. The molecule has 0 saturated carbocycles. The van der Waals surface area contributed by atoms with Gasteiger partial charge in [-0.25, -0.2) is 0 Å². The zero-order chi connectivity index (χ0) is 13.4. The molecule has 18 heavy (non-hydrogen) atoms. The zero-order valence-corrected chi connectivity index (χ0v) is 12.0. The Balaban J connectivity index is 1.98. The molecular weight excluding hydrogens is 230 g/mol. The summed E-state index contributed by atoms with van der Waals surface area (Å²) in [4.78, 5) is 14.2. The minimum atomic E-state index is -0.152. The molecule has 0 aromatic heterocycles. The van der Waals surface area contributed by atoms with Gasteiger partial charge in [0.1, 0.15) is 5.78 Å². The number of morpholine rings is 1. The van der Waals surface area contributed by atoms with Crippen molar-refractivity contribution in [3.63, 3.8) is 0 Å². The van der Waals surface area contributed by atoms with E-state index in [4.69, 9.17) is 9.47 Å². The summed E-state index contributed by atoms with van der Waals surface area (Å²) in [6.07, 6.45) is 0.571. The van der Waals surface area contributed by atoms with Gasteiger partial charge >= 0.3 is 0 Å². The van der Waals surface area contributed by atoms with Gasteiger partial charge in [-0.15, -0.1) is 0 Å². The third kappa shape index (κ3) is 3.53. The van der Waals surface area contributed by atoms with Crippen molar-refractivity contribution < 1.29 is 14.3 Å².